The van der Waals surface area contributed by atoms with E-state index in [2.05, 4.69) is 27.9 Å². The average molecular weight is 1110 g/mol. The van der Waals surface area contributed by atoms with Crippen LogP contribution in [-0.4, -0.2) is 98.5 Å². The van der Waals surface area contributed by atoms with Crippen LogP contribution in [0.4, 0.5) is 13.2 Å². The van der Waals surface area contributed by atoms with E-state index < -0.39 is 43.8 Å². The van der Waals surface area contributed by atoms with E-state index in [0.717, 1.165) is 71.3 Å². The number of benzene rings is 3. The smallest absolute Gasteiger partial charge is 0.416 e. The Morgan fingerprint density at radius 1 is 0.736 bits per heavy atom. The van der Waals surface area contributed by atoms with Gasteiger partial charge in [-0.3, -0.25) is 19.4 Å². The number of carbonyl (C=O) groups excluding carboxylic acids is 2. The predicted octanol–water partition coefficient (Wildman–Crippen LogP) is 8.63. The van der Waals surface area contributed by atoms with Gasteiger partial charge in [0.25, 0.3) is 31.9 Å². The summed E-state index contributed by atoms with van der Waals surface area (Å²) >= 11 is 13.8. The molecule has 6 N–H and O–H groups in total. The van der Waals surface area contributed by atoms with Gasteiger partial charge in [-0.05, 0) is 117 Å². The summed E-state index contributed by atoms with van der Waals surface area (Å²) in [5.41, 5.74) is 6.50. The number of unbranched alkanes of at least 4 members (excludes halogenated alkanes) is 3. The van der Waals surface area contributed by atoms with Crippen LogP contribution in [0.5, 0.6) is 0 Å². The molecule has 72 heavy (non-hydrogen) atoms. The molecule has 2 aliphatic heterocycles. The summed E-state index contributed by atoms with van der Waals surface area (Å²) in [6.07, 6.45) is 0.995. The number of halogens is 5. The Bertz CT molecular complexity index is 2900. The first-order valence-corrected chi connectivity index (χ1v) is 28.2. The van der Waals surface area contributed by atoms with Gasteiger partial charge in [-0.25, -0.2) is 16.8 Å². The van der Waals surface area contributed by atoms with Gasteiger partial charge >= 0.3 is 12.1 Å². The number of sulfonamides is 2. The largest absolute Gasteiger partial charge is 0.480 e. The number of rotatable bonds is 19. The molecule has 24 heteroatoms. The van der Waals surface area contributed by atoms with E-state index in [1.165, 1.54) is 28.6 Å². The van der Waals surface area contributed by atoms with E-state index >= 15 is 0 Å². The molecule has 388 valence electrons. The fourth-order valence-corrected chi connectivity index (χ4v) is 14.0. The van der Waals surface area contributed by atoms with Crippen molar-refractivity contribution in [2.45, 2.75) is 97.7 Å². The second-order valence-corrected chi connectivity index (χ2v) is 24.4. The van der Waals surface area contributed by atoms with Crippen LogP contribution in [0.3, 0.4) is 0 Å². The number of alkyl halides is 3. The van der Waals surface area contributed by atoms with Gasteiger partial charge in [0.05, 0.1) is 24.7 Å². The SMILES string of the molecule is CCCCCCNC1C[C@@H](C(=O)O)N(S(=O)(=O)c2ccc(CNC(=O)c3ccc(Cl)cc3)s2)C1.NC(=NC1CCN(S(=O)(=O)c2ccc(CNC(=O)c3ccc(Cl)cc3)s2)CC1)c1ccc(C(F)(F)F)cc1. The molecule has 2 aromatic heterocycles. The van der Waals surface area contributed by atoms with Crippen LogP contribution in [0.1, 0.15) is 93.5 Å². The van der Waals surface area contributed by atoms with Gasteiger partial charge in [0, 0.05) is 62.2 Å². The Kier molecular flexibility index (Phi) is 19.9. The van der Waals surface area contributed by atoms with Crippen molar-refractivity contribution in [3.63, 3.8) is 0 Å². The molecule has 0 radical (unpaired) electrons. The molecule has 2 saturated heterocycles. The average Bonchev–Trinajstić information content (AvgIpc) is 4.15. The number of carboxylic acids is 1. The third kappa shape index (κ3) is 15.3. The highest BCUT2D eigenvalue weighted by Gasteiger charge is 2.44. The Labute approximate surface area is 434 Å². The number of amides is 2. The second kappa shape index (κ2) is 25.4. The maximum Gasteiger partial charge on any atom is 0.416 e. The number of piperidine rings is 1. The number of nitrogens with two attached hydrogens (primary N) is 1. The lowest BCUT2D eigenvalue weighted by molar-refractivity contribution is -0.140. The minimum Gasteiger partial charge on any atom is -0.480 e. The number of carbonyl (C=O) groups is 3. The highest BCUT2D eigenvalue weighted by Crippen LogP contribution is 2.32. The van der Waals surface area contributed by atoms with Crippen molar-refractivity contribution in [3.8, 4) is 0 Å². The van der Waals surface area contributed by atoms with Gasteiger partial charge in [-0.1, -0.05) is 61.5 Å². The van der Waals surface area contributed by atoms with Crippen molar-refractivity contribution >= 4 is 89.5 Å². The molecule has 2 aliphatic rings. The Hall–Kier alpha value is -4.91. The number of aliphatic carboxylic acids is 1. The van der Waals surface area contributed by atoms with Gasteiger partial charge in [0.15, 0.2) is 0 Å². The standard InChI is InChI=1S/C25H24ClF3N4O3S2.C23H30ClN3O5S2/c26-19-7-3-17(4-8-19)24(34)31-15-21-9-10-22(37-21)38(35,36)33-13-11-20(12-14-33)32-23(30)16-1-5-18(6-2-16)25(27,28)29;1-2-3-4-5-12-25-18-13-20(23(29)30)27(15-18)34(31,32)21-11-10-19(33-21)14-26-22(28)16-6-8-17(24)9-7-16/h1-10,20H,11-15H2,(H2,30,32)(H,31,34);6-11,18,20,25H,2-5,12-15H2,1H3,(H,26,28)(H,29,30)/t;18?,20-/m.0/s1. The zero-order valence-electron chi connectivity index (χ0n) is 38.9. The van der Waals surface area contributed by atoms with Crippen LogP contribution in [0.15, 0.2) is 110 Å². The lowest BCUT2D eigenvalue weighted by atomic mass is 10.1. The predicted molar refractivity (Wildman–Crippen MR) is 274 cm³/mol. The highest BCUT2D eigenvalue weighted by atomic mass is 35.5. The number of amidine groups is 1. The van der Waals surface area contributed by atoms with Gasteiger partial charge in [-0.15, -0.1) is 22.7 Å². The molecule has 0 spiro atoms. The molecule has 3 aromatic carbocycles. The van der Waals surface area contributed by atoms with Gasteiger partial charge in [0.2, 0.25) is 0 Å². The van der Waals surface area contributed by atoms with Crippen molar-refractivity contribution < 1.29 is 49.5 Å². The summed E-state index contributed by atoms with van der Waals surface area (Å²) < 4.78 is 93.8. The van der Waals surface area contributed by atoms with Crippen LogP contribution >= 0.6 is 45.9 Å². The fourth-order valence-electron chi connectivity index (χ4n) is 7.78. The van der Waals surface area contributed by atoms with Crippen LogP contribution in [0, 0.1) is 0 Å². The summed E-state index contributed by atoms with van der Waals surface area (Å²) in [6, 6.07) is 22.1. The molecule has 2 atom stereocenters. The fraction of sp³-hybridized carbons (Fsp3) is 0.375. The Balaban J connectivity index is 0.000000237. The molecule has 4 heterocycles. The number of hydrogen-bond donors (Lipinski definition) is 5. The number of hydrogen-bond acceptors (Lipinski definition) is 11. The van der Waals surface area contributed by atoms with Crippen molar-refractivity contribution in [2.75, 3.05) is 26.2 Å². The first-order chi connectivity index (χ1) is 34.1. The molecular formula is C48H54Cl2F3N7O8S4. The number of nitrogens with zero attached hydrogens (tertiary/aromatic N) is 3. The van der Waals surface area contributed by atoms with Crippen molar-refractivity contribution in [2.24, 2.45) is 10.7 Å². The quantitative estimate of drug-likeness (QED) is 0.0301. The van der Waals surface area contributed by atoms with E-state index in [9.17, 15) is 49.5 Å². The number of aliphatic imine (C=N–C) groups is 1. The van der Waals surface area contributed by atoms with E-state index in [0.29, 0.717) is 49.3 Å². The molecule has 15 nitrogen and oxygen atoms in total. The maximum atomic E-state index is 13.3. The van der Waals surface area contributed by atoms with Gasteiger partial charge in [0.1, 0.15) is 20.3 Å². The van der Waals surface area contributed by atoms with Crippen LogP contribution in [-0.2, 0) is 44.1 Å². The summed E-state index contributed by atoms with van der Waals surface area (Å²) in [6.45, 7) is 3.80. The summed E-state index contributed by atoms with van der Waals surface area (Å²) in [5.74, 6) is -1.63. The molecule has 0 saturated carbocycles. The molecule has 5 aromatic rings. The first kappa shape index (κ1) is 56.4. The molecule has 2 fully saturated rings. The molecule has 0 bridgehead atoms. The molecule has 0 aliphatic carbocycles. The molecule has 1 unspecified atom stereocenters. The van der Waals surface area contributed by atoms with Gasteiger partial charge in [-0.2, -0.15) is 21.8 Å². The van der Waals surface area contributed by atoms with Crippen LogP contribution in [0.2, 0.25) is 10.0 Å². The highest BCUT2D eigenvalue weighted by molar-refractivity contribution is 7.91. The van der Waals surface area contributed by atoms with E-state index in [4.69, 9.17) is 28.9 Å². The zero-order valence-corrected chi connectivity index (χ0v) is 43.7. The first-order valence-electron chi connectivity index (χ1n) is 22.9. The topological polar surface area (TPSA) is 221 Å². The zero-order chi connectivity index (χ0) is 52.2. The van der Waals surface area contributed by atoms with E-state index in [1.54, 1.807) is 60.7 Å². The summed E-state index contributed by atoms with van der Waals surface area (Å²) in [7, 11) is -7.70. The van der Waals surface area contributed by atoms with Crippen molar-refractivity contribution in [3.05, 3.63) is 139 Å². The number of carboxylic acid groups (broad SMARTS) is 1. The van der Waals surface area contributed by atoms with Crippen LogP contribution in [0.25, 0.3) is 0 Å². The Morgan fingerprint density at radius 2 is 1.24 bits per heavy atom. The van der Waals surface area contributed by atoms with Crippen molar-refractivity contribution in [1.29, 1.82) is 0 Å². The van der Waals surface area contributed by atoms with Crippen LogP contribution < -0.4 is 21.7 Å². The maximum absolute atomic E-state index is 13.3. The second-order valence-electron chi connectivity index (χ2n) is 16.9. The molecule has 7 rings (SSSR count). The third-order valence-electron chi connectivity index (χ3n) is 11.7. The molecular weight excluding hydrogens is 1060 g/mol. The minimum absolute atomic E-state index is 0.0677. The lowest BCUT2D eigenvalue weighted by Crippen LogP contribution is -2.40. The third-order valence-corrected chi connectivity index (χ3v) is 19.1. The number of nitrogens with one attached hydrogen (secondary N) is 3. The normalized spacial score (nSPS) is 17.3. The Morgan fingerprint density at radius 3 is 1.72 bits per heavy atom. The molecule has 2 amide bonds. The monoisotopic (exact) mass is 1110 g/mol. The van der Waals surface area contributed by atoms with Crippen molar-refractivity contribution in [1.82, 2.24) is 24.6 Å². The van der Waals surface area contributed by atoms with Gasteiger partial charge < -0.3 is 26.8 Å². The lowest BCUT2D eigenvalue weighted by Gasteiger charge is -2.29. The minimum atomic E-state index is -4.43. The summed E-state index contributed by atoms with van der Waals surface area (Å²) in [4.78, 5) is 42.1. The van der Waals surface area contributed by atoms with E-state index in [-0.39, 0.29) is 77.3 Å². The summed E-state index contributed by atoms with van der Waals surface area (Å²) in [5, 5.41) is 19.5. The van der Waals surface area contributed by atoms with E-state index in [1.807, 2.05) is 0 Å². The number of thiophene rings is 2.